The van der Waals surface area contributed by atoms with Crippen LogP contribution in [0.5, 0.6) is 0 Å². The minimum Gasteiger partial charge on any atom is -0.452 e. The molecule has 0 aliphatic heterocycles. The first-order valence-corrected chi connectivity index (χ1v) is 7.04. The molecule has 7 nitrogen and oxygen atoms in total. The van der Waals surface area contributed by atoms with Gasteiger partial charge in [-0.25, -0.2) is 9.52 Å². The minimum atomic E-state index is -4.05. The summed E-state index contributed by atoms with van der Waals surface area (Å²) in [5.74, 6) is 5.48. The van der Waals surface area contributed by atoms with E-state index in [0.29, 0.717) is 5.56 Å². The van der Waals surface area contributed by atoms with E-state index in [1.165, 1.54) is 6.07 Å². The van der Waals surface area contributed by atoms with E-state index in [1.807, 2.05) is 0 Å². The average molecular weight is 297 g/mol. The summed E-state index contributed by atoms with van der Waals surface area (Å²) in [6.07, 6.45) is -1.08. The number of hydrogen-bond donors (Lipinski definition) is 3. The quantitative estimate of drug-likeness (QED) is 0.696. The van der Waals surface area contributed by atoms with Crippen molar-refractivity contribution in [3.05, 3.63) is 29.3 Å². The van der Waals surface area contributed by atoms with Crippen molar-refractivity contribution in [3.63, 3.8) is 0 Å². The first-order valence-electron chi connectivity index (χ1n) is 5.55. The van der Waals surface area contributed by atoms with Crippen molar-refractivity contribution in [1.29, 1.82) is 0 Å². The number of rotatable bonds is 3. The van der Waals surface area contributed by atoms with E-state index >= 15 is 0 Å². The zero-order chi connectivity index (χ0) is 15.2. The first-order chi connectivity index (χ1) is 9.36. The average Bonchev–Trinajstić information content (AvgIpc) is 2.34. The van der Waals surface area contributed by atoms with Crippen LogP contribution in [0.4, 0.5) is 10.5 Å². The lowest BCUT2D eigenvalue weighted by Gasteiger charge is -2.09. The first kappa shape index (κ1) is 15.8. The van der Waals surface area contributed by atoms with Crippen LogP contribution in [0.2, 0.25) is 0 Å². The molecular weight excluding hydrogens is 282 g/mol. The summed E-state index contributed by atoms with van der Waals surface area (Å²) >= 11 is 0. The third-order valence-electron chi connectivity index (χ3n) is 2.07. The highest BCUT2D eigenvalue weighted by Gasteiger charge is 2.14. The van der Waals surface area contributed by atoms with Crippen molar-refractivity contribution in [3.8, 4) is 11.8 Å². The molecule has 0 radical (unpaired) electrons. The molecule has 0 aromatic heterocycles. The summed E-state index contributed by atoms with van der Waals surface area (Å²) in [6.45, 7) is 2.00. The number of amides is 1. The van der Waals surface area contributed by atoms with Gasteiger partial charge in [-0.3, -0.25) is 4.72 Å². The molecule has 0 saturated carbocycles. The molecule has 1 aromatic rings. The number of methoxy groups -OCH3 is 1. The van der Waals surface area contributed by atoms with Crippen LogP contribution in [0.25, 0.3) is 0 Å². The van der Waals surface area contributed by atoms with E-state index < -0.39 is 16.3 Å². The Morgan fingerprint density at radius 2 is 2.10 bits per heavy atom. The zero-order valence-electron chi connectivity index (χ0n) is 11.1. The van der Waals surface area contributed by atoms with Crippen molar-refractivity contribution in [2.24, 2.45) is 5.73 Å². The summed E-state index contributed by atoms with van der Waals surface area (Å²) in [5.41, 5.74) is 6.98. The molecule has 1 aromatic carbocycles. The van der Waals surface area contributed by atoms with E-state index in [0.717, 1.165) is 12.7 Å². The number of carbonyl (C=O) groups is 1. The largest absolute Gasteiger partial charge is 0.452 e. The van der Waals surface area contributed by atoms with Crippen LogP contribution in [-0.4, -0.2) is 28.2 Å². The topological polar surface area (TPSA) is 111 Å². The highest BCUT2D eigenvalue weighted by molar-refractivity contribution is 7.91. The van der Waals surface area contributed by atoms with E-state index in [9.17, 15) is 13.2 Å². The number of hydrogen-bond acceptors (Lipinski definition) is 5. The van der Waals surface area contributed by atoms with Gasteiger partial charge in [0.05, 0.1) is 19.3 Å². The van der Waals surface area contributed by atoms with E-state index in [1.54, 1.807) is 23.8 Å². The van der Waals surface area contributed by atoms with Crippen molar-refractivity contribution in [2.45, 2.75) is 6.92 Å². The van der Waals surface area contributed by atoms with Gasteiger partial charge in [0, 0.05) is 5.56 Å². The SMILES string of the molecule is COC(=O)NS(=O)(=O)Nc1cc(C)cc(C#CCN)c1. The summed E-state index contributed by atoms with van der Waals surface area (Å²) in [7, 11) is -2.98. The number of carbonyl (C=O) groups excluding carboxylic acids is 1. The standard InChI is InChI=1S/C12H15N3O4S/c1-9-6-10(4-3-5-13)8-11(7-9)14-20(17,18)15-12(16)19-2/h6-8,14H,5,13H2,1-2H3,(H,15,16). The van der Waals surface area contributed by atoms with Crippen LogP contribution < -0.4 is 15.2 Å². The van der Waals surface area contributed by atoms with Gasteiger partial charge in [0.15, 0.2) is 0 Å². The molecular formula is C12H15N3O4S. The lowest BCUT2D eigenvalue weighted by molar-refractivity contribution is 0.177. The molecule has 0 aliphatic carbocycles. The van der Waals surface area contributed by atoms with Gasteiger partial charge in [0.25, 0.3) is 0 Å². The number of aryl methyl sites for hydroxylation is 1. The predicted molar refractivity (Wildman–Crippen MR) is 75.2 cm³/mol. The van der Waals surface area contributed by atoms with Crippen molar-refractivity contribution >= 4 is 22.0 Å². The smallest absolute Gasteiger partial charge is 0.422 e. The number of benzene rings is 1. The summed E-state index contributed by atoms with van der Waals surface area (Å²) in [5, 5.41) is 0. The van der Waals surface area contributed by atoms with Crippen molar-refractivity contribution in [1.82, 2.24) is 4.72 Å². The molecule has 0 spiro atoms. The third-order valence-corrected chi connectivity index (χ3v) is 3.01. The van der Waals surface area contributed by atoms with E-state index in [-0.39, 0.29) is 12.2 Å². The highest BCUT2D eigenvalue weighted by atomic mass is 32.2. The Balaban J connectivity index is 2.97. The Hall–Kier alpha value is -2.24. The van der Waals surface area contributed by atoms with Crippen molar-refractivity contribution < 1.29 is 17.9 Å². The number of anilines is 1. The molecule has 0 aliphatic rings. The monoisotopic (exact) mass is 297 g/mol. The van der Waals surface area contributed by atoms with Crippen LogP contribution in [0.3, 0.4) is 0 Å². The molecule has 0 saturated heterocycles. The fourth-order valence-electron chi connectivity index (χ4n) is 1.40. The molecule has 0 unspecified atom stereocenters. The maximum atomic E-state index is 11.6. The second-order valence-electron chi connectivity index (χ2n) is 3.79. The Labute approximate surface area is 117 Å². The number of nitrogens with one attached hydrogen (secondary N) is 2. The minimum absolute atomic E-state index is 0.207. The molecule has 20 heavy (non-hydrogen) atoms. The number of nitrogens with two attached hydrogens (primary N) is 1. The second-order valence-corrected chi connectivity index (χ2v) is 5.21. The molecule has 0 atom stereocenters. The van der Waals surface area contributed by atoms with Gasteiger partial charge in [-0.1, -0.05) is 11.8 Å². The van der Waals surface area contributed by atoms with E-state index in [2.05, 4.69) is 21.3 Å². The van der Waals surface area contributed by atoms with Gasteiger partial charge in [0.1, 0.15) is 0 Å². The van der Waals surface area contributed by atoms with Gasteiger partial charge < -0.3 is 10.5 Å². The Kier molecular flexibility index (Phi) is 5.37. The Morgan fingerprint density at radius 1 is 1.40 bits per heavy atom. The lowest BCUT2D eigenvalue weighted by Crippen LogP contribution is -2.35. The van der Waals surface area contributed by atoms with Crippen LogP contribution in [-0.2, 0) is 14.9 Å². The van der Waals surface area contributed by atoms with Gasteiger partial charge >= 0.3 is 16.3 Å². The van der Waals surface area contributed by atoms with E-state index in [4.69, 9.17) is 5.73 Å². The van der Waals surface area contributed by atoms with Crippen LogP contribution in [0.15, 0.2) is 18.2 Å². The predicted octanol–water partition coefficient (Wildman–Crippen LogP) is 0.318. The summed E-state index contributed by atoms with van der Waals surface area (Å²) < 4.78 is 31.4. The Morgan fingerprint density at radius 3 is 2.70 bits per heavy atom. The maximum absolute atomic E-state index is 11.6. The molecule has 4 N–H and O–H groups in total. The summed E-state index contributed by atoms with van der Waals surface area (Å²) in [4.78, 5) is 10.9. The molecule has 108 valence electrons. The molecule has 1 amide bonds. The summed E-state index contributed by atoms with van der Waals surface area (Å²) in [6, 6.07) is 4.92. The molecule has 0 bridgehead atoms. The Bertz CT molecular complexity index is 659. The molecule has 1 rings (SSSR count). The van der Waals surface area contributed by atoms with Crippen molar-refractivity contribution in [2.75, 3.05) is 18.4 Å². The van der Waals surface area contributed by atoms with Gasteiger partial charge in [-0.05, 0) is 30.7 Å². The van der Waals surface area contributed by atoms with Gasteiger partial charge in [-0.15, -0.1) is 0 Å². The van der Waals surface area contributed by atoms with Crippen LogP contribution in [0, 0.1) is 18.8 Å². The van der Waals surface area contributed by atoms with Gasteiger partial charge in [0.2, 0.25) is 0 Å². The maximum Gasteiger partial charge on any atom is 0.422 e. The van der Waals surface area contributed by atoms with Gasteiger partial charge in [-0.2, -0.15) is 8.42 Å². The fraction of sp³-hybridized carbons (Fsp3) is 0.250. The number of ether oxygens (including phenoxy) is 1. The van der Waals surface area contributed by atoms with Crippen LogP contribution >= 0.6 is 0 Å². The normalized spacial score (nSPS) is 10.2. The van der Waals surface area contributed by atoms with Crippen LogP contribution in [0.1, 0.15) is 11.1 Å². The fourth-order valence-corrected chi connectivity index (χ4v) is 2.18. The second kappa shape index (κ2) is 6.79. The molecule has 0 heterocycles. The molecule has 8 heteroatoms. The zero-order valence-corrected chi connectivity index (χ0v) is 11.9. The highest BCUT2D eigenvalue weighted by Crippen LogP contribution is 2.14. The lowest BCUT2D eigenvalue weighted by atomic mass is 10.1. The molecule has 0 fully saturated rings. The third kappa shape index (κ3) is 5.17.